The zero-order chi connectivity index (χ0) is 12.3. The zero-order valence-electron chi connectivity index (χ0n) is 9.03. The molecule has 1 aromatic heterocycles. The lowest BCUT2D eigenvalue weighted by molar-refractivity contribution is 0.0538. The molecule has 5 nitrogen and oxygen atoms in total. The first-order valence-electron chi connectivity index (χ1n) is 4.85. The molecule has 1 heterocycles. The van der Waals surface area contributed by atoms with Gasteiger partial charge in [0.25, 0.3) is 5.91 Å². The van der Waals surface area contributed by atoms with Crippen LogP contribution < -0.4 is 5.48 Å². The highest BCUT2D eigenvalue weighted by molar-refractivity contribution is 5.99. The van der Waals surface area contributed by atoms with E-state index in [2.05, 4.69) is 20.5 Å². The molecule has 2 rings (SSSR count). The summed E-state index contributed by atoms with van der Waals surface area (Å²) in [7, 11) is 1.34. The van der Waals surface area contributed by atoms with Gasteiger partial charge in [0.2, 0.25) is 0 Å². The SMILES string of the molecule is CONC(=O)c1cn[nH]c1-c1ccc(F)cc1. The minimum Gasteiger partial charge on any atom is -0.277 e. The van der Waals surface area contributed by atoms with Crippen molar-refractivity contribution in [1.82, 2.24) is 15.7 Å². The van der Waals surface area contributed by atoms with Gasteiger partial charge in [0.05, 0.1) is 24.6 Å². The number of carbonyl (C=O) groups excluding carboxylic acids is 1. The predicted octanol–water partition coefficient (Wildman–Crippen LogP) is 1.51. The van der Waals surface area contributed by atoms with Crippen molar-refractivity contribution in [3.8, 4) is 11.3 Å². The first-order valence-corrected chi connectivity index (χ1v) is 4.85. The highest BCUT2D eigenvalue weighted by atomic mass is 19.1. The Morgan fingerprint density at radius 3 is 2.76 bits per heavy atom. The lowest BCUT2D eigenvalue weighted by atomic mass is 10.1. The summed E-state index contributed by atoms with van der Waals surface area (Å²) in [5.41, 5.74) is 3.71. The van der Waals surface area contributed by atoms with E-state index < -0.39 is 5.91 Å². The van der Waals surface area contributed by atoms with E-state index in [1.807, 2.05) is 0 Å². The number of nitrogens with zero attached hydrogens (tertiary/aromatic N) is 1. The Kier molecular flexibility index (Phi) is 3.15. The van der Waals surface area contributed by atoms with Crippen molar-refractivity contribution < 1.29 is 14.0 Å². The summed E-state index contributed by atoms with van der Waals surface area (Å²) < 4.78 is 12.8. The number of benzene rings is 1. The maximum Gasteiger partial charge on any atom is 0.278 e. The highest BCUT2D eigenvalue weighted by Gasteiger charge is 2.14. The third-order valence-electron chi connectivity index (χ3n) is 2.21. The van der Waals surface area contributed by atoms with Gasteiger partial charge in [-0.15, -0.1) is 0 Å². The van der Waals surface area contributed by atoms with Crippen LogP contribution in [0, 0.1) is 5.82 Å². The number of halogens is 1. The Balaban J connectivity index is 2.36. The molecule has 0 fully saturated rings. The molecule has 2 aromatic rings. The molecule has 1 amide bonds. The predicted molar refractivity (Wildman–Crippen MR) is 58.5 cm³/mol. The highest BCUT2D eigenvalue weighted by Crippen LogP contribution is 2.21. The van der Waals surface area contributed by atoms with Crippen molar-refractivity contribution in [1.29, 1.82) is 0 Å². The number of H-pyrrole nitrogens is 1. The summed E-state index contributed by atoms with van der Waals surface area (Å²) in [4.78, 5) is 16.1. The van der Waals surface area contributed by atoms with Gasteiger partial charge in [0.15, 0.2) is 0 Å². The number of carbonyl (C=O) groups is 1. The van der Waals surface area contributed by atoms with Crippen LogP contribution in [0.15, 0.2) is 30.5 Å². The molecule has 0 saturated carbocycles. The van der Waals surface area contributed by atoms with E-state index in [1.54, 1.807) is 12.1 Å². The van der Waals surface area contributed by atoms with Gasteiger partial charge >= 0.3 is 0 Å². The van der Waals surface area contributed by atoms with Crippen LogP contribution in [-0.4, -0.2) is 23.2 Å². The van der Waals surface area contributed by atoms with Crippen LogP contribution in [0.1, 0.15) is 10.4 Å². The van der Waals surface area contributed by atoms with Crippen LogP contribution in [0.5, 0.6) is 0 Å². The fourth-order valence-corrected chi connectivity index (χ4v) is 1.44. The van der Waals surface area contributed by atoms with E-state index >= 15 is 0 Å². The molecule has 0 aliphatic heterocycles. The Bertz CT molecular complexity index is 522. The summed E-state index contributed by atoms with van der Waals surface area (Å²) in [6, 6.07) is 5.75. The second kappa shape index (κ2) is 4.75. The summed E-state index contributed by atoms with van der Waals surface area (Å²) >= 11 is 0. The molecule has 88 valence electrons. The topological polar surface area (TPSA) is 67.0 Å². The van der Waals surface area contributed by atoms with Crippen molar-refractivity contribution >= 4 is 5.91 Å². The Morgan fingerprint density at radius 1 is 1.41 bits per heavy atom. The first-order chi connectivity index (χ1) is 8.22. The van der Waals surface area contributed by atoms with Crippen molar-refractivity contribution in [2.75, 3.05) is 7.11 Å². The second-order valence-electron chi connectivity index (χ2n) is 3.30. The van der Waals surface area contributed by atoms with Crippen molar-refractivity contribution in [3.63, 3.8) is 0 Å². The van der Waals surface area contributed by atoms with Crippen LogP contribution in [0.3, 0.4) is 0 Å². The van der Waals surface area contributed by atoms with Crippen LogP contribution >= 0.6 is 0 Å². The molecular formula is C11H10FN3O2. The number of amides is 1. The van der Waals surface area contributed by atoms with Gasteiger partial charge in [-0.2, -0.15) is 5.10 Å². The first kappa shape index (κ1) is 11.3. The standard InChI is InChI=1S/C11H10FN3O2/c1-17-15-11(16)9-6-13-14-10(9)7-2-4-8(12)5-3-7/h2-6H,1H3,(H,13,14)(H,15,16). The maximum absolute atomic E-state index is 12.8. The minimum atomic E-state index is -0.416. The molecule has 1 aromatic carbocycles. The molecule has 2 N–H and O–H groups in total. The molecular weight excluding hydrogens is 225 g/mol. The monoisotopic (exact) mass is 235 g/mol. The largest absolute Gasteiger partial charge is 0.278 e. The summed E-state index contributed by atoms with van der Waals surface area (Å²) in [5, 5.41) is 6.48. The smallest absolute Gasteiger partial charge is 0.277 e. The molecule has 0 atom stereocenters. The summed E-state index contributed by atoms with van der Waals surface area (Å²) in [6.07, 6.45) is 1.38. The Morgan fingerprint density at radius 2 is 2.12 bits per heavy atom. The quantitative estimate of drug-likeness (QED) is 0.792. The van der Waals surface area contributed by atoms with E-state index in [-0.39, 0.29) is 5.82 Å². The number of hydroxylamine groups is 1. The molecule has 0 aliphatic carbocycles. The molecule has 0 unspecified atom stereocenters. The fourth-order valence-electron chi connectivity index (χ4n) is 1.44. The number of aromatic amines is 1. The van der Waals surface area contributed by atoms with Gasteiger partial charge < -0.3 is 0 Å². The zero-order valence-corrected chi connectivity index (χ0v) is 9.03. The average Bonchev–Trinajstić information content (AvgIpc) is 2.79. The number of nitrogens with one attached hydrogen (secondary N) is 2. The number of aromatic nitrogens is 2. The maximum atomic E-state index is 12.8. The Hall–Kier alpha value is -2.21. The van der Waals surface area contributed by atoms with Crippen LogP contribution in [0.2, 0.25) is 0 Å². The van der Waals surface area contributed by atoms with Gasteiger partial charge in [-0.25, -0.2) is 9.87 Å². The lowest BCUT2D eigenvalue weighted by Gasteiger charge is -2.03. The molecule has 0 bridgehead atoms. The third kappa shape index (κ3) is 2.31. The van der Waals surface area contributed by atoms with E-state index in [1.165, 1.54) is 25.4 Å². The third-order valence-corrected chi connectivity index (χ3v) is 2.21. The number of hydrogen-bond acceptors (Lipinski definition) is 3. The van der Waals surface area contributed by atoms with Crippen LogP contribution in [-0.2, 0) is 4.84 Å². The van der Waals surface area contributed by atoms with E-state index in [0.717, 1.165) is 0 Å². The molecule has 6 heteroatoms. The number of rotatable bonds is 3. The van der Waals surface area contributed by atoms with E-state index in [9.17, 15) is 9.18 Å². The van der Waals surface area contributed by atoms with Crippen molar-refractivity contribution in [2.45, 2.75) is 0 Å². The Labute approximate surface area is 96.6 Å². The van der Waals surface area contributed by atoms with Crippen molar-refractivity contribution in [2.24, 2.45) is 0 Å². The summed E-state index contributed by atoms with van der Waals surface area (Å²) in [5.74, 6) is -0.753. The average molecular weight is 235 g/mol. The van der Waals surface area contributed by atoms with Crippen LogP contribution in [0.25, 0.3) is 11.3 Å². The molecule has 17 heavy (non-hydrogen) atoms. The van der Waals surface area contributed by atoms with Gasteiger partial charge in [-0.3, -0.25) is 14.7 Å². The molecule has 0 radical (unpaired) electrons. The second-order valence-corrected chi connectivity index (χ2v) is 3.30. The molecule has 0 saturated heterocycles. The van der Waals surface area contributed by atoms with Gasteiger partial charge in [0, 0.05) is 5.56 Å². The van der Waals surface area contributed by atoms with E-state index in [0.29, 0.717) is 16.8 Å². The number of hydrogen-bond donors (Lipinski definition) is 2. The van der Waals surface area contributed by atoms with Gasteiger partial charge in [-0.1, -0.05) is 0 Å². The fraction of sp³-hybridized carbons (Fsp3) is 0.0909. The minimum absolute atomic E-state index is 0.332. The van der Waals surface area contributed by atoms with Crippen molar-refractivity contribution in [3.05, 3.63) is 41.8 Å². The van der Waals surface area contributed by atoms with E-state index in [4.69, 9.17) is 0 Å². The summed E-state index contributed by atoms with van der Waals surface area (Å²) in [6.45, 7) is 0. The molecule has 0 spiro atoms. The lowest BCUT2D eigenvalue weighted by Crippen LogP contribution is -2.21. The normalized spacial score (nSPS) is 10.2. The van der Waals surface area contributed by atoms with Gasteiger partial charge in [-0.05, 0) is 24.3 Å². The van der Waals surface area contributed by atoms with Crippen LogP contribution in [0.4, 0.5) is 4.39 Å². The molecule has 0 aliphatic rings. The van der Waals surface area contributed by atoms with Gasteiger partial charge in [0.1, 0.15) is 5.82 Å².